The molecule has 4 N–H and O–H groups in total. The van der Waals surface area contributed by atoms with Gasteiger partial charge in [-0.15, -0.1) is 0 Å². The van der Waals surface area contributed by atoms with Gasteiger partial charge in [0.15, 0.2) is 11.5 Å². The number of nitrogens with zero attached hydrogens (tertiary/aromatic N) is 3. The Morgan fingerprint density at radius 1 is 1.38 bits per heavy atom. The van der Waals surface area contributed by atoms with Gasteiger partial charge in [-0.25, -0.2) is 23.2 Å². The number of nitrogens with one attached hydrogen (secondary N) is 3. The number of halogens is 4. The smallest absolute Gasteiger partial charge is 0.255 e. The zero-order valence-electron chi connectivity index (χ0n) is 13.0. The van der Waals surface area contributed by atoms with E-state index in [-0.39, 0.29) is 39.2 Å². The third-order valence-electron chi connectivity index (χ3n) is 3.43. The summed E-state index contributed by atoms with van der Waals surface area (Å²) < 4.78 is 37.9. The van der Waals surface area contributed by atoms with Gasteiger partial charge in [0.2, 0.25) is 5.95 Å². The van der Waals surface area contributed by atoms with Gasteiger partial charge in [-0.1, -0.05) is 11.6 Å². The number of amidine groups is 1. The lowest BCUT2D eigenvalue weighted by Crippen LogP contribution is -2.27. The molecule has 0 fully saturated rings. The van der Waals surface area contributed by atoms with Crippen LogP contribution in [0, 0.1) is 11.2 Å². The molecule has 2 heterocycles. The van der Waals surface area contributed by atoms with E-state index in [1.54, 1.807) is 0 Å². The van der Waals surface area contributed by atoms with Gasteiger partial charge in [-0.05, 0) is 24.3 Å². The van der Waals surface area contributed by atoms with Crippen LogP contribution in [-0.4, -0.2) is 39.0 Å². The third-order valence-corrected chi connectivity index (χ3v) is 3.72. The number of hydroxylamine groups is 1. The Hall–Kier alpha value is -2.85. The van der Waals surface area contributed by atoms with Gasteiger partial charge in [0.05, 0.1) is 22.8 Å². The molecule has 136 valence electrons. The van der Waals surface area contributed by atoms with Crippen LogP contribution in [0.4, 0.5) is 24.8 Å². The van der Waals surface area contributed by atoms with Gasteiger partial charge < -0.3 is 10.3 Å². The molecule has 0 saturated carbocycles. The summed E-state index contributed by atoms with van der Waals surface area (Å²) in [6.07, 6.45) is -1.21. The summed E-state index contributed by atoms with van der Waals surface area (Å²) in [7, 11) is 0. The highest BCUT2D eigenvalue weighted by molar-refractivity contribution is 6.31. The van der Waals surface area contributed by atoms with Gasteiger partial charge in [0, 0.05) is 11.8 Å². The van der Waals surface area contributed by atoms with Crippen molar-refractivity contribution in [2.75, 3.05) is 16.9 Å². The zero-order chi connectivity index (χ0) is 18.8. The number of rotatable bonds is 5. The molecule has 1 aromatic carbocycles. The fourth-order valence-electron chi connectivity index (χ4n) is 2.23. The number of fused-ring (bicyclic) bond motifs is 1. The predicted molar refractivity (Wildman–Crippen MR) is 90.9 cm³/mol. The van der Waals surface area contributed by atoms with Crippen molar-refractivity contribution in [2.45, 2.75) is 6.43 Å². The lowest BCUT2D eigenvalue weighted by Gasteiger charge is -2.18. The fourth-order valence-corrected chi connectivity index (χ4v) is 2.40. The first-order valence-corrected chi connectivity index (χ1v) is 7.64. The van der Waals surface area contributed by atoms with Gasteiger partial charge >= 0.3 is 0 Å². The SMILES string of the molecule is N=C(c1ccnc2nc(NCC(F)F)[nH]c12)N(O)c1ccc(F)c(Cl)c1. The molecule has 0 amide bonds. The molecule has 11 heteroatoms. The topological polar surface area (TPSA) is 101 Å². The molecule has 7 nitrogen and oxygen atoms in total. The molecular weight excluding hydrogens is 373 g/mol. The van der Waals surface area contributed by atoms with Crippen LogP contribution in [0.15, 0.2) is 30.5 Å². The molecule has 0 radical (unpaired) electrons. The predicted octanol–water partition coefficient (Wildman–Crippen LogP) is 3.65. The molecule has 0 aliphatic rings. The van der Waals surface area contributed by atoms with Crippen molar-refractivity contribution in [3.05, 3.63) is 46.9 Å². The number of benzene rings is 1. The Labute approximate surface area is 149 Å². The monoisotopic (exact) mass is 384 g/mol. The number of anilines is 2. The minimum absolute atomic E-state index is 0.0577. The molecule has 3 rings (SSSR count). The first kappa shape index (κ1) is 18.0. The molecule has 0 atom stereocenters. The minimum atomic E-state index is -2.56. The van der Waals surface area contributed by atoms with E-state index in [0.717, 1.165) is 12.1 Å². The first-order valence-electron chi connectivity index (χ1n) is 7.26. The third kappa shape index (κ3) is 3.55. The number of hydrogen-bond acceptors (Lipinski definition) is 5. The second-order valence-corrected chi connectivity index (χ2v) is 5.58. The quantitative estimate of drug-likeness (QED) is 0.305. The summed E-state index contributed by atoms with van der Waals surface area (Å²) in [6.45, 7) is -0.604. The second-order valence-electron chi connectivity index (χ2n) is 5.17. The van der Waals surface area contributed by atoms with Crippen LogP contribution >= 0.6 is 11.6 Å². The Balaban J connectivity index is 1.93. The minimum Gasteiger partial charge on any atom is -0.350 e. The molecular formula is C15H12ClF3N6O. The summed E-state index contributed by atoms with van der Waals surface area (Å²) in [5.41, 5.74) is 0.716. The van der Waals surface area contributed by atoms with Crippen LogP contribution in [-0.2, 0) is 0 Å². The highest BCUT2D eigenvalue weighted by Gasteiger charge is 2.18. The number of imidazole rings is 1. The van der Waals surface area contributed by atoms with E-state index in [1.165, 1.54) is 18.3 Å². The summed E-state index contributed by atoms with van der Waals surface area (Å²) >= 11 is 5.69. The van der Waals surface area contributed by atoms with Crippen molar-refractivity contribution in [3.63, 3.8) is 0 Å². The van der Waals surface area contributed by atoms with Crippen molar-refractivity contribution in [2.24, 2.45) is 0 Å². The summed E-state index contributed by atoms with van der Waals surface area (Å²) in [6, 6.07) is 4.90. The maximum Gasteiger partial charge on any atom is 0.255 e. The number of hydrogen-bond donors (Lipinski definition) is 4. The fraction of sp³-hybridized carbons (Fsp3) is 0.133. The number of pyridine rings is 1. The van der Waals surface area contributed by atoms with E-state index in [0.29, 0.717) is 5.06 Å². The van der Waals surface area contributed by atoms with Crippen LogP contribution in [0.1, 0.15) is 5.56 Å². The Bertz CT molecular complexity index is 964. The first-order chi connectivity index (χ1) is 12.4. The standard InChI is InChI=1S/C15H12ClF3N6O/c16-9-5-7(1-2-10(9)17)25(26)13(20)8-3-4-21-14-12(8)23-15(24-14)22-6-11(18)19/h1-5,11,20,26H,6H2,(H2,21,22,23,24). The van der Waals surface area contributed by atoms with E-state index in [9.17, 15) is 18.4 Å². The van der Waals surface area contributed by atoms with Crippen molar-refractivity contribution in [3.8, 4) is 0 Å². The summed E-state index contributed by atoms with van der Waals surface area (Å²) in [4.78, 5) is 10.7. The summed E-state index contributed by atoms with van der Waals surface area (Å²) in [5.74, 6) is -0.975. The van der Waals surface area contributed by atoms with Gasteiger partial charge in [0.25, 0.3) is 6.43 Å². The van der Waals surface area contributed by atoms with Crippen LogP contribution in [0.2, 0.25) is 5.02 Å². The van der Waals surface area contributed by atoms with Crippen LogP contribution in [0.5, 0.6) is 0 Å². The van der Waals surface area contributed by atoms with Crippen LogP contribution in [0.25, 0.3) is 11.2 Å². The Morgan fingerprint density at radius 3 is 2.85 bits per heavy atom. The van der Waals surface area contributed by atoms with Crippen molar-refractivity contribution in [1.82, 2.24) is 15.0 Å². The van der Waals surface area contributed by atoms with Crippen molar-refractivity contribution in [1.29, 1.82) is 5.41 Å². The van der Waals surface area contributed by atoms with Crippen LogP contribution in [0.3, 0.4) is 0 Å². The van der Waals surface area contributed by atoms with Crippen molar-refractivity contribution < 1.29 is 18.4 Å². The van der Waals surface area contributed by atoms with Gasteiger partial charge in [0.1, 0.15) is 5.82 Å². The van der Waals surface area contributed by atoms with E-state index in [1.807, 2.05) is 0 Å². The average molecular weight is 385 g/mol. The van der Waals surface area contributed by atoms with Crippen molar-refractivity contribution >= 4 is 40.2 Å². The molecule has 0 aliphatic carbocycles. The van der Waals surface area contributed by atoms with Gasteiger partial charge in [-0.3, -0.25) is 10.6 Å². The van der Waals surface area contributed by atoms with E-state index in [4.69, 9.17) is 17.0 Å². The van der Waals surface area contributed by atoms with E-state index >= 15 is 0 Å². The molecule has 3 aromatic rings. The molecule has 0 bridgehead atoms. The maximum atomic E-state index is 13.3. The number of aromatic amines is 1. The Kier molecular flexibility index (Phi) is 4.96. The number of H-pyrrole nitrogens is 1. The highest BCUT2D eigenvalue weighted by atomic mass is 35.5. The Morgan fingerprint density at radius 2 is 2.15 bits per heavy atom. The van der Waals surface area contributed by atoms with Gasteiger partial charge in [-0.2, -0.15) is 4.98 Å². The molecule has 0 aliphatic heterocycles. The van der Waals surface area contributed by atoms with Crippen LogP contribution < -0.4 is 10.4 Å². The molecule has 0 unspecified atom stereocenters. The lowest BCUT2D eigenvalue weighted by molar-refractivity contribution is 0.163. The number of aromatic nitrogens is 3. The normalized spacial score (nSPS) is 11.2. The molecule has 26 heavy (non-hydrogen) atoms. The molecule has 2 aromatic heterocycles. The lowest BCUT2D eigenvalue weighted by atomic mass is 10.2. The largest absolute Gasteiger partial charge is 0.350 e. The number of alkyl halides is 2. The van der Waals surface area contributed by atoms with E-state index < -0.39 is 18.8 Å². The second kappa shape index (κ2) is 7.18. The highest BCUT2D eigenvalue weighted by Crippen LogP contribution is 2.24. The molecule has 0 spiro atoms. The zero-order valence-corrected chi connectivity index (χ0v) is 13.7. The average Bonchev–Trinajstić information content (AvgIpc) is 3.04. The van der Waals surface area contributed by atoms with E-state index in [2.05, 4.69) is 20.3 Å². The maximum absolute atomic E-state index is 13.3. The molecule has 0 saturated heterocycles. The summed E-state index contributed by atoms with van der Waals surface area (Å²) in [5, 5.41) is 21.1.